The molecule has 1 amide bonds. The van der Waals surface area contributed by atoms with Gasteiger partial charge in [-0.15, -0.1) is 10.2 Å². The topological polar surface area (TPSA) is 54.9 Å². The molecule has 0 aliphatic carbocycles. The maximum atomic E-state index is 12.1. The van der Waals surface area contributed by atoms with Crippen LogP contribution in [0.15, 0.2) is 65.0 Å². The van der Waals surface area contributed by atoms with Gasteiger partial charge in [0.25, 0.3) is 0 Å². The van der Waals surface area contributed by atoms with Crippen LogP contribution in [0.5, 0.6) is 0 Å². The fraction of sp³-hybridized carbons (Fsp3) is 0.105. The summed E-state index contributed by atoms with van der Waals surface area (Å²) in [7, 11) is 0. The Morgan fingerprint density at radius 2 is 1.88 bits per heavy atom. The molecule has 0 spiro atoms. The normalized spacial score (nSPS) is 11.0. The minimum absolute atomic E-state index is 0.121. The van der Waals surface area contributed by atoms with Crippen LogP contribution < -0.4 is 5.32 Å². The van der Waals surface area contributed by atoms with E-state index >= 15 is 0 Å². The SMILES string of the molecule is O=C(Cc1ccc(Cl)cc1)Nc1nnc(SC/C=C/c2ccccc2)s1. The van der Waals surface area contributed by atoms with Crippen LogP contribution in [0.25, 0.3) is 6.08 Å². The molecular weight excluding hydrogens is 386 g/mol. The summed E-state index contributed by atoms with van der Waals surface area (Å²) < 4.78 is 0.824. The highest BCUT2D eigenvalue weighted by atomic mass is 35.5. The number of carbonyl (C=O) groups is 1. The first-order valence-corrected chi connectivity index (χ1v) is 10.1. The Bertz CT molecular complexity index is 879. The first-order chi connectivity index (χ1) is 12.7. The van der Waals surface area contributed by atoms with E-state index in [9.17, 15) is 4.79 Å². The van der Waals surface area contributed by atoms with E-state index in [2.05, 4.69) is 39.8 Å². The molecule has 0 radical (unpaired) electrons. The van der Waals surface area contributed by atoms with Crippen molar-refractivity contribution in [2.75, 3.05) is 11.1 Å². The number of amides is 1. The van der Waals surface area contributed by atoms with Crippen molar-refractivity contribution < 1.29 is 4.79 Å². The number of aromatic nitrogens is 2. The minimum Gasteiger partial charge on any atom is -0.300 e. The van der Waals surface area contributed by atoms with Crippen molar-refractivity contribution in [2.45, 2.75) is 10.8 Å². The summed E-state index contributed by atoms with van der Waals surface area (Å²) in [5.41, 5.74) is 2.07. The van der Waals surface area contributed by atoms with Gasteiger partial charge in [0.05, 0.1) is 6.42 Å². The second-order valence-corrected chi connectivity index (χ2v) is 8.03. The molecule has 4 nitrogen and oxygen atoms in total. The van der Waals surface area contributed by atoms with Crippen LogP contribution >= 0.6 is 34.7 Å². The molecule has 0 aliphatic heterocycles. The highest BCUT2D eigenvalue weighted by molar-refractivity contribution is 8.01. The summed E-state index contributed by atoms with van der Waals surface area (Å²) in [5, 5.41) is 12.1. The number of hydrogen-bond acceptors (Lipinski definition) is 5. The van der Waals surface area contributed by atoms with Crippen LogP contribution in [0.2, 0.25) is 5.02 Å². The van der Waals surface area contributed by atoms with Crippen molar-refractivity contribution in [1.29, 1.82) is 0 Å². The Hall–Kier alpha value is -2.15. The van der Waals surface area contributed by atoms with E-state index in [1.165, 1.54) is 16.9 Å². The average molecular weight is 402 g/mol. The van der Waals surface area contributed by atoms with Crippen LogP contribution in [0.1, 0.15) is 11.1 Å². The smallest absolute Gasteiger partial charge is 0.230 e. The monoisotopic (exact) mass is 401 g/mol. The maximum absolute atomic E-state index is 12.1. The molecule has 26 heavy (non-hydrogen) atoms. The number of anilines is 1. The van der Waals surface area contributed by atoms with E-state index in [0.717, 1.165) is 15.7 Å². The van der Waals surface area contributed by atoms with E-state index in [-0.39, 0.29) is 12.3 Å². The molecule has 0 aliphatic rings. The molecule has 0 atom stereocenters. The fourth-order valence-corrected chi connectivity index (χ4v) is 3.87. The van der Waals surface area contributed by atoms with Crippen LogP contribution in [-0.4, -0.2) is 21.9 Å². The zero-order valence-corrected chi connectivity index (χ0v) is 16.2. The van der Waals surface area contributed by atoms with Gasteiger partial charge < -0.3 is 5.32 Å². The lowest BCUT2D eigenvalue weighted by atomic mass is 10.1. The van der Waals surface area contributed by atoms with Crippen LogP contribution in [0.3, 0.4) is 0 Å². The second-order valence-electron chi connectivity index (χ2n) is 5.35. The van der Waals surface area contributed by atoms with Crippen LogP contribution in [-0.2, 0) is 11.2 Å². The first kappa shape index (κ1) is 18.6. The van der Waals surface area contributed by atoms with Crippen molar-refractivity contribution in [3.05, 3.63) is 76.8 Å². The van der Waals surface area contributed by atoms with Crippen molar-refractivity contribution >= 4 is 51.8 Å². The van der Waals surface area contributed by atoms with Gasteiger partial charge in [0.15, 0.2) is 4.34 Å². The van der Waals surface area contributed by atoms with E-state index in [4.69, 9.17) is 11.6 Å². The number of benzene rings is 2. The van der Waals surface area contributed by atoms with Gasteiger partial charge in [-0.1, -0.05) is 89.3 Å². The summed E-state index contributed by atoms with van der Waals surface area (Å²) in [6, 6.07) is 17.3. The third-order valence-corrected chi connectivity index (χ3v) is 5.52. The molecule has 1 heterocycles. The quantitative estimate of drug-likeness (QED) is 0.438. The highest BCUT2D eigenvalue weighted by Crippen LogP contribution is 2.25. The van der Waals surface area contributed by atoms with Crippen LogP contribution in [0, 0.1) is 0 Å². The molecule has 3 aromatic rings. The van der Waals surface area contributed by atoms with Crippen molar-refractivity contribution in [3.63, 3.8) is 0 Å². The summed E-state index contributed by atoms with van der Waals surface area (Å²) >= 11 is 8.80. The second kappa shape index (κ2) is 9.52. The number of thioether (sulfide) groups is 1. The zero-order chi connectivity index (χ0) is 18.2. The van der Waals surface area contributed by atoms with Gasteiger partial charge in [-0.25, -0.2) is 0 Å². The summed E-state index contributed by atoms with van der Waals surface area (Å²) in [5.74, 6) is 0.673. The summed E-state index contributed by atoms with van der Waals surface area (Å²) in [6.07, 6.45) is 4.43. The largest absolute Gasteiger partial charge is 0.300 e. The third-order valence-electron chi connectivity index (χ3n) is 3.34. The molecule has 1 aromatic heterocycles. The van der Waals surface area contributed by atoms with Gasteiger partial charge in [-0.2, -0.15) is 0 Å². The zero-order valence-electron chi connectivity index (χ0n) is 13.8. The lowest BCUT2D eigenvalue weighted by molar-refractivity contribution is -0.115. The number of rotatable bonds is 7. The maximum Gasteiger partial charge on any atom is 0.230 e. The van der Waals surface area contributed by atoms with Gasteiger partial charge in [-0.05, 0) is 23.3 Å². The number of nitrogens with one attached hydrogen (secondary N) is 1. The molecule has 2 aromatic carbocycles. The number of halogens is 1. The van der Waals surface area contributed by atoms with Gasteiger partial charge in [0.2, 0.25) is 11.0 Å². The fourth-order valence-electron chi connectivity index (χ4n) is 2.14. The van der Waals surface area contributed by atoms with E-state index in [1.54, 1.807) is 23.9 Å². The molecule has 132 valence electrons. The Balaban J connectivity index is 1.46. The summed E-state index contributed by atoms with van der Waals surface area (Å²) in [4.78, 5) is 12.1. The molecule has 0 bridgehead atoms. The Kier molecular flexibility index (Phi) is 6.82. The van der Waals surface area contributed by atoms with Gasteiger partial charge in [0.1, 0.15) is 0 Å². The average Bonchev–Trinajstić information content (AvgIpc) is 3.09. The molecule has 0 fully saturated rings. The molecule has 7 heteroatoms. The molecule has 0 saturated heterocycles. The van der Waals surface area contributed by atoms with E-state index in [1.807, 2.05) is 30.3 Å². The Morgan fingerprint density at radius 1 is 1.12 bits per heavy atom. The van der Waals surface area contributed by atoms with Crippen molar-refractivity contribution in [2.24, 2.45) is 0 Å². The van der Waals surface area contributed by atoms with Gasteiger partial charge >= 0.3 is 0 Å². The number of carbonyl (C=O) groups excluding carboxylic acids is 1. The summed E-state index contributed by atoms with van der Waals surface area (Å²) in [6.45, 7) is 0. The molecule has 0 saturated carbocycles. The van der Waals surface area contributed by atoms with Gasteiger partial charge in [-0.3, -0.25) is 4.79 Å². The highest BCUT2D eigenvalue weighted by Gasteiger charge is 2.09. The lowest BCUT2D eigenvalue weighted by Gasteiger charge is -2.01. The molecule has 0 unspecified atom stereocenters. The lowest BCUT2D eigenvalue weighted by Crippen LogP contribution is -2.14. The predicted octanol–water partition coefficient (Wildman–Crippen LogP) is 5.18. The number of hydrogen-bond donors (Lipinski definition) is 1. The minimum atomic E-state index is -0.121. The van der Waals surface area contributed by atoms with E-state index in [0.29, 0.717) is 10.2 Å². The third kappa shape index (κ3) is 5.98. The standard InChI is InChI=1S/C19H16ClN3OS2/c20-16-10-8-15(9-11-16)13-17(24)21-18-22-23-19(26-18)25-12-4-7-14-5-2-1-3-6-14/h1-11H,12-13H2,(H,21,22,24)/b7-4+. The Labute approximate surface area is 165 Å². The van der Waals surface area contributed by atoms with E-state index < -0.39 is 0 Å². The van der Waals surface area contributed by atoms with Crippen LogP contribution in [0.4, 0.5) is 5.13 Å². The van der Waals surface area contributed by atoms with Crippen molar-refractivity contribution in [1.82, 2.24) is 10.2 Å². The first-order valence-electron chi connectivity index (χ1n) is 7.91. The van der Waals surface area contributed by atoms with Crippen molar-refractivity contribution in [3.8, 4) is 0 Å². The molecule has 1 N–H and O–H groups in total. The molecule has 3 rings (SSSR count). The molecular formula is C19H16ClN3OS2. The van der Waals surface area contributed by atoms with Gasteiger partial charge in [0, 0.05) is 10.8 Å². The Morgan fingerprint density at radius 3 is 2.65 bits per heavy atom. The number of nitrogens with zero attached hydrogens (tertiary/aromatic N) is 2. The predicted molar refractivity (Wildman–Crippen MR) is 110 cm³/mol.